The Morgan fingerprint density at radius 1 is 0.750 bits per heavy atom. The van der Waals surface area contributed by atoms with Crippen molar-refractivity contribution in [2.24, 2.45) is 7.05 Å². The van der Waals surface area contributed by atoms with Gasteiger partial charge in [0, 0.05) is 34.9 Å². The van der Waals surface area contributed by atoms with Crippen molar-refractivity contribution in [2.45, 2.75) is 27.7 Å². The SMILES string of the molecule is [C-]#[N+]c1c(C)cc2c(oc3c(-c4ccc(C)c(C)[n+]4C)c(C)ccc32)c1-c1ccccc1. The summed E-state index contributed by atoms with van der Waals surface area (Å²) in [5, 5.41) is 2.13. The maximum absolute atomic E-state index is 7.85. The molecule has 0 saturated heterocycles. The molecule has 2 aromatic heterocycles. The van der Waals surface area contributed by atoms with E-state index < -0.39 is 0 Å². The van der Waals surface area contributed by atoms with Crippen LogP contribution in [0.15, 0.2) is 65.1 Å². The molecule has 3 nitrogen and oxygen atoms in total. The molecule has 0 aliphatic carbocycles. The number of benzene rings is 3. The summed E-state index contributed by atoms with van der Waals surface area (Å²) >= 11 is 0. The van der Waals surface area contributed by atoms with E-state index in [1.165, 1.54) is 16.8 Å². The van der Waals surface area contributed by atoms with Gasteiger partial charge in [0.1, 0.15) is 18.2 Å². The van der Waals surface area contributed by atoms with Gasteiger partial charge in [-0.05, 0) is 43.5 Å². The van der Waals surface area contributed by atoms with Crippen molar-refractivity contribution >= 4 is 27.6 Å². The third-order valence-corrected chi connectivity index (χ3v) is 6.66. The second kappa shape index (κ2) is 7.35. The molecule has 0 radical (unpaired) electrons. The lowest BCUT2D eigenvalue weighted by Gasteiger charge is -2.08. The van der Waals surface area contributed by atoms with Gasteiger partial charge in [-0.1, -0.05) is 48.5 Å². The van der Waals surface area contributed by atoms with Gasteiger partial charge in [-0.3, -0.25) is 0 Å². The highest BCUT2D eigenvalue weighted by Gasteiger charge is 2.24. The quantitative estimate of drug-likeness (QED) is 0.215. The number of furan rings is 1. The number of rotatable bonds is 2. The van der Waals surface area contributed by atoms with Crippen LogP contribution in [0.5, 0.6) is 0 Å². The molecule has 2 heterocycles. The molecule has 0 saturated carbocycles. The first-order valence-corrected chi connectivity index (χ1v) is 10.8. The van der Waals surface area contributed by atoms with Gasteiger partial charge in [-0.15, -0.1) is 0 Å². The van der Waals surface area contributed by atoms with Crippen molar-refractivity contribution in [3.8, 4) is 22.4 Å². The van der Waals surface area contributed by atoms with Gasteiger partial charge in [0.25, 0.3) is 0 Å². The fourth-order valence-electron chi connectivity index (χ4n) is 4.66. The Morgan fingerprint density at radius 3 is 2.16 bits per heavy atom. The summed E-state index contributed by atoms with van der Waals surface area (Å²) in [6.07, 6.45) is 0. The molecule has 156 valence electrons. The summed E-state index contributed by atoms with van der Waals surface area (Å²) in [5.41, 5.74) is 11.0. The van der Waals surface area contributed by atoms with E-state index in [-0.39, 0.29) is 0 Å². The van der Waals surface area contributed by atoms with Crippen molar-refractivity contribution in [3.63, 3.8) is 0 Å². The van der Waals surface area contributed by atoms with Crippen molar-refractivity contribution in [3.05, 3.63) is 94.5 Å². The predicted molar refractivity (Wildman–Crippen MR) is 131 cm³/mol. The average molecular weight is 418 g/mol. The molecule has 5 rings (SSSR count). The fourth-order valence-corrected chi connectivity index (χ4v) is 4.66. The number of fused-ring (bicyclic) bond motifs is 3. The molecule has 5 aromatic rings. The van der Waals surface area contributed by atoms with Crippen LogP contribution in [0.4, 0.5) is 5.69 Å². The van der Waals surface area contributed by atoms with Crippen LogP contribution in [-0.4, -0.2) is 0 Å². The first-order chi connectivity index (χ1) is 15.4. The summed E-state index contributed by atoms with van der Waals surface area (Å²) in [5.74, 6) is 0. The number of aryl methyl sites for hydroxylation is 3. The topological polar surface area (TPSA) is 21.4 Å². The Morgan fingerprint density at radius 2 is 1.44 bits per heavy atom. The van der Waals surface area contributed by atoms with Gasteiger partial charge >= 0.3 is 0 Å². The summed E-state index contributed by atoms with van der Waals surface area (Å²) in [4.78, 5) is 3.89. The zero-order chi connectivity index (χ0) is 22.6. The zero-order valence-corrected chi connectivity index (χ0v) is 19.1. The number of pyridine rings is 1. The largest absolute Gasteiger partial charge is 0.456 e. The maximum Gasteiger partial charge on any atom is 0.216 e. The first kappa shape index (κ1) is 20.0. The molecule has 3 aromatic carbocycles. The van der Waals surface area contributed by atoms with E-state index in [0.717, 1.165) is 49.9 Å². The minimum atomic E-state index is 0.651. The standard InChI is InChI=1S/C29H25N2O/c1-17-13-15-24(31(6)20(17)4)25-18(2)12-14-22-23-16-19(3)27(30-5)26(29(23)32-28(22)25)21-10-8-7-9-11-21/h7-16H,1-4,6H3/q+1. The lowest BCUT2D eigenvalue weighted by molar-refractivity contribution is -0.667. The molecule has 0 atom stereocenters. The minimum absolute atomic E-state index is 0.651. The monoisotopic (exact) mass is 417 g/mol. The molecule has 3 heteroatoms. The van der Waals surface area contributed by atoms with E-state index in [1.54, 1.807) is 0 Å². The van der Waals surface area contributed by atoms with Crippen LogP contribution in [0.1, 0.15) is 22.4 Å². The summed E-state index contributed by atoms with van der Waals surface area (Å²) < 4.78 is 8.90. The van der Waals surface area contributed by atoms with Crippen LogP contribution in [0, 0.1) is 34.3 Å². The first-order valence-electron chi connectivity index (χ1n) is 10.8. The maximum atomic E-state index is 7.85. The summed E-state index contributed by atoms with van der Waals surface area (Å²) in [6, 6.07) is 20.9. The van der Waals surface area contributed by atoms with Gasteiger partial charge in [0.2, 0.25) is 11.4 Å². The zero-order valence-electron chi connectivity index (χ0n) is 19.1. The van der Waals surface area contributed by atoms with E-state index >= 15 is 0 Å². The third kappa shape index (κ3) is 2.84. The fraction of sp³-hybridized carbons (Fsp3) is 0.172. The van der Waals surface area contributed by atoms with Crippen molar-refractivity contribution in [1.82, 2.24) is 0 Å². The van der Waals surface area contributed by atoms with Gasteiger partial charge in [0.05, 0.1) is 12.1 Å². The van der Waals surface area contributed by atoms with E-state index in [2.05, 4.69) is 67.6 Å². The van der Waals surface area contributed by atoms with Gasteiger partial charge in [-0.2, -0.15) is 4.57 Å². The third-order valence-electron chi connectivity index (χ3n) is 6.66. The van der Waals surface area contributed by atoms with Crippen LogP contribution < -0.4 is 4.57 Å². The molecular formula is C29H25N2O+. The molecule has 0 aliphatic heterocycles. The van der Waals surface area contributed by atoms with Crippen molar-refractivity contribution < 1.29 is 8.98 Å². The Kier molecular flexibility index (Phi) is 4.60. The lowest BCUT2D eigenvalue weighted by atomic mass is 9.95. The summed E-state index contributed by atoms with van der Waals surface area (Å²) in [7, 11) is 2.11. The Labute approximate surface area is 188 Å². The second-order valence-electron chi connectivity index (χ2n) is 8.55. The van der Waals surface area contributed by atoms with E-state index in [0.29, 0.717) is 5.69 Å². The van der Waals surface area contributed by atoms with Crippen LogP contribution in [0.3, 0.4) is 0 Å². The van der Waals surface area contributed by atoms with Gasteiger partial charge < -0.3 is 4.42 Å². The van der Waals surface area contributed by atoms with E-state index in [9.17, 15) is 0 Å². The smallest absolute Gasteiger partial charge is 0.216 e. The van der Waals surface area contributed by atoms with Crippen LogP contribution in [0.2, 0.25) is 0 Å². The molecule has 32 heavy (non-hydrogen) atoms. The lowest BCUT2D eigenvalue weighted by Crippen LogP contribution is -2.35. The molecule has 0 unspecified atom stereocenters. The molecule has 0 aliphatic rings. The van der Waals surface area contributed by atoms with Crippen LogP contribution in [-0.2, 0) is 7.05 Å². The van der Waals surface area contributed by atoms with Gasteiger partial charge in [0.15, 0.2) is 5.69 Å². The Hall–Kier alpha value is -3.90. The molecule has 0 fully saturated rings. The Balaban J connectivity index is 1.95. The molecule has 0 spiro atoms. The van der Waals surface area contributed by atoms with Crippen molar-refractivity contribution in [1.29, 1.82) is 0 Å². The van der Waals surface area contributed by atoms with Crippen LogP contribution >= 0.6 is 0 Å². The normalized spacial score (nSPS) is 11.2. The number of hydrogen-bond acceptors (Lipinski definition) is 1. The molecular weight excluding hydrogens is 392 g/mol. The highest BCUT2D eigenvalue weighted by Crippen LogP contribution is 2.45. The highest BCUT2D eigenvalue weighted by molar-refractivity contribution is 6.15. The average Bonchev–Trinajstić information content (AvgIpc) is 3.15. The van der Waals surface area contributed by atoms with Gasteiger partial charge in [-0.25, -0.2) is 4.85 Å². The number of aromatic nitrogens is 1. The summed E-state index contributed by atoms with van der Waals surface area (Å²) in [6.45, 7) is 16.3. The number of hydrogen-bond donors (Lipinski definition) is 0. The highest BCUT2D eigenvalue weighted by atomic mass is 16.3. The van der Waals surface area contributed by atoms with E-state index in [1.807, 2.05) is 37.3 Å². The molecule has 0 amide bonds. The molecule has 0 N–H and O–H groups in total. The van der Waals surface area contributed by atoms with Crippen molar-refractivity contribution in [2.75, 3.05) is 0 Å². The predicted octanol–water partition coefficient (Wildman–Crippen LogP) is 7.53. The Bertz CT molecular complexity index is 1570. The van der Waals surface area contributed by atoms with Crippen LogP contribution in [0.25, 0.3) is 49.2 Å². The minimum Gasteiger partial charge on any atom is -0.456 e. The number of nitrogens with zero attached hydrogens (tertiary/aromatic N) is 2. The second-order valence-corrected chi connectivity index (χ2v) is 8.55. The van der Waals surface area contributed by atoms with E-state index in [4.69, 9.17) is 11.0 Å². The molecule has 0 bridgehead atoms.